The summed E-state index contributed by atoms with van der Waals surface area (Å²) in [7, 11) is 1.83. The Balaban J connectivity index is 2.29. The first-order chi connectivity index (χ1) is 8.61. The lowest BCUT2D eigenvalue weighted by Crippen LogP contribution is -2.46. The van der Waals surface area contributed by atoms with Crippen molar-refractivity contribution in [3.8, 4) is 0 Å². The van der Waals surface area contributed by atoms with Crippen LogP contribution in [0.4, 0.5) is 10.1 Å². The first-order valence-electron chi connectivity index (χ1n) is 6.44. The maximum absolute atomic E-state index is 13.9. The van der Waals surface area contributed by atoms with Gasteiger partial charge in [-0.15, -0.1) is 0 Å². The molecule has 0 bridgehead atoms. The Morgan fingerprint density at radius 1 is 1.33 bits per heavy atom. The minimum absolute atomic E-state index is 0.145. The van der Waals surface area contributed by atoms with Crippen molar-refractivity contribution in [1.29, 1.82) is 0 Å². The Labute approximate surface area is 108 Å². The molecule has 4 heteroatoms. The van der Waals surface area contributed by atoms with Gasteiger partial charge in [0.2, 0.25) is 0 Å². The Kier molecular flexibility index (Phi) is 4.19. The predicted molar refractivity (Wildman–Crippen MR) is 71.4 cm³/mol. The molecule has 2 unspecified atom stereocenters. The lowest BCUT2D eigenvalue weighted by molar-refractivity contribution is -0.00528. The van der Waals surface area contributed by atoms with E-state index in [1.807, 2.05) is 13.1 Å². The van der Waals surface area contributed by atoms with Crippen LogP contribution in [0.25, 0.3) is 0 Å². The van der Waals surface area contributed by atoms with Crippen LogP contribution in [-0.2, 0) is 11.3 Å². The van der Waals surface area contributed by atoms with Gasteiger partial charge in [0, 0.05) is 30.9 Å². The molecule has 1 aliphatic heterocycles. The van der Waals surface area contributed by atoms with Crippen LogP contribution < -0.4 is 10.2 Å². The van der Waals surface area contributed by atoms with Gasteiger partial charge < -0.3 is 15.0 Å². The number of hydrogen-bond acceptors (Lipinski definition) is 3. The molecule has 1 fully saturated rings. The van der Waals surface area contributed by atoms with Crippen LogP contribution in [0.15, 0.2) is 18.2 Å². The Hall–Kier alpha value is -1.13. The van der Waals surface area contributed by atoms with Gasteiger partial charge in [-0.2, -0.15) is 0 Å². The highest BCUT2D eigenvalue weighted by Gasteiger charge is 2.24. The summed E-state index contributed by atoms with van der Waals surface area (Å²) in [5.74, 6) is -0.145. The van der Waals surface area contributed by atoms with Gasteiger partial charge in [0.25, 0.3) is 0 Å². The lowest BCUT2D eigenvalue weighted by atomic mass is 10.1. The second-order valence-electron chi connectivity index (χ2n) is 4.93. The first kappa shape index (κ1) is 13.3. The molecule has 0 aromatic heterocycles. The van der Waals surface area contributed by atoms with Crippen LogP contribution in [0.1, 0.15) is 19.4 Å². The molecule has 0 spiro atoms. The van der Waals surface area contributed by atoms with Gasteiger partial charge in [0.15, 0.2) is 0 Å². The second kappa shape index (κ2) is 5.67. The number of nitrogens with one attached hydrogen (secondary N) is 1. The molecular weight excluding hydrogens is 231 g/mol. The quantitative estimate of drug-likeness (QED) is 0.892. The monoisotopic (exact) mass is 252 g/mol. The van der Waals surface area contributed by atoms with Gasteiger partial charge in [-0.3, -0.25) is 0 Å². The third-order valence-corrected chi connectivity index (χ3v) is 3.21. The molecule has 1 aromatic rings. The van der Waals surface area contributed by atoms with Crippen LogP contribution in [0, 0.1) is 5.82 Å². The van der Waals surface area contributed by atoms with Gasteiger partial charge in [0.05, 0.1) is 12.2 Å². The summed E-state index contributed by atoms with van der Waals surface area (Å²) < 4.78 is 19.6. The third kappa shape index (κ3) is 2.82. The standard InChI is InChI=1S/C14H21FN2O/c1-10-8-17(9-11(2)18-10)14-6-4-5-13(15)12(14)7-16-3/h4-6,10-11,16H,7-9H2,1-3H3. The molecule has 1 aliphatic rings. The summed E-state index contributed by atoms with van der Waals surface area (Å²) in [5.41, 5.74) is 1.72. The summed E-state index contributed by atoms with van der Waals surface area (Å²) in [6.07, 6.45) is 0.360. The number of ether oxygens (including phenoxy) is 1. The number of nitrogens with zero attached hydrogens (tertiary/aromatic N) is 1. The number of rotatable bonds is 3. The molecular formula is C14H21FN2O. The normalized spacial score (nSPS) is 24.3. The van der Waals surface area contributed by atoms with E-state index in [1.165, 1.54) is 6.07 Å². The zero-order chi connectivity index (χ0) is 13.1. The highest BCUT2D eigenvalue weighted by Crippen LogP contribution is 2.26. The molecule has 0 aliphatic carbocycles. The molecule has 100 valence electrons. The smallest absolute Gasteiger partial charge is 0.129 e. The van der Waals surface area contributed by atoms with E-state index in [0.29, 0.717) is 6.54 Å². The zero-order valence-corrected chi connectivity index (χ0v) is 11.2. The van der Waals surface area contributed by atoms with Crippen LogP contribution in [0.3, 0.4) is 0 Å². The number of morpholine rings is 1. The fourth-order valence-electron chi connectivity index (χ4n) is 2.57. The SMILES string of the molecule is CNCc1c(F)cccc1N1CC(C)OC(C)C1. The zero-order valence-electron chi connectivity index (χ0n) is 11.2. The van der Waals surface area contributed by atoms with E-state index in [0.717, 1.165) is 24.3 Å². The van der Waals surface area contributed by atoms with Gasteiger partial charge in [-0.25, -0.2) is 4.39 Å². The minimum atomic E-state index is -0.145. The average molecular weight is 252 g/mol. The van der Waals surface area contributed by atoms with E-state index < -0.39 is 0 Å². The van der Waals surface area contributed by atoms with Crippen molar-refractivity contribution in [1.82, 2.24) is 5.32 Å². The van der Waals surface area contributed by atoms with Crippen molar-refractivity contribution < 1.29 is 9.13 Å². The summed E-state index contributed by atoms with van der Waals surface area (Å²) >= 11 is 0. The van der Waals surface area contributed by atoms with Crippen LogP contribution in [0.2, 0.25) is 0 Å². The minimum Gasteiger partial charge on any atom is -0.372 e. The van der Waals surface area contributed by atoms with E-state index in [9.17, 15) is 4.39 Å². The first-order valence-corrected chi connectivity index (χ1v) is 6.44. The van der Waals surface area contributed by atoms with E-state index in [4.69, 9.17) is 4.74 Å². The van der Waals surface area contributed by atoms with E-state index in [1.54, 1.807) is 6.07 Å². The maximum Gasteiger partial charge on any atom is 0.129 e. The molecule has 0 radical (unpaired) electrons. The predicted octanol–water partition coefficient (Wildman–Crippen LogP) is 2.16. The molecule has 0 saturated carbocycles. The molecule has 1 aromatic carbocycles. The summed E-state index contributed by atoms with van der Waals surface area (Å²) in [6, 6.07) is 5.28. The molecule has 3 nitrogen and oxygen atoms in total. The van der Waals surface area contributed by atoms with E-state index in [2.05, 4.69) is 24.1 Å². The Morgan fingerprint density at radius 2 is 2.00 bits per heavy atom. The van der Waals surface area contributed by atoms with Crippen LogP contribution in [0.5, 0.6) is 0 Å². The molecule has 2 rings (SSSR count). The highest BCUT2D eigenvalue weighted by atomic mass is 19.1. The molecule has 1 saturated heterocycles. The molecule has 2 atom stereocenters. The number of halogens is 1. The van der Waals surface area contributed by atoms with Crippen molar-refractivity contribution in [2.24, 2.45) is 0 Å². The summed E-state index contributed by atoms with van der Waals surface area (Å²) in [6.45, 7) is 6.27. The van der Waals surface area contributed by atoms with Gasteiger partial charge in [0.1, 0.15) is 5.82 Å². The van der Waals surface area contributed by atoms with Crippen molar-refractivity contribution >= 4 is 5.69 Å². The Bertz CT molecular complexity index is 401. The van der Waals surface area contributed by atoms with Crippen LogP contribution in [-0.4, -0.2) is 32.3 Å². The summed E-state index contributed by atoms with van der Waals surface area (Å²) in [4.78, 5) is 2.22. The molecule has 18 heavy (non-hydrogen) atoms. The van der Waals surface area contributed by atoms with Crippen molar-refractivity contribution in [2.75, 3.05) is 25.0 Å². The molecule has 1 N–H and O–H groups in total. The Morgan fingerprint density at radius 3 is 2.61 bits per heavy atom. The van der Waals surface area contributed by atoms with E-state index >= 15 is 0 Å². The fraction of sp³-hybridized carbons (Fsp3) is 0.571. The number of benzene rings is 1. The van der Waals surface area contributed by atoms with Gasteiger partial charge >= 0.3 is 0 Å². The molecule has 1 heterocycles. The second-order valence-corrected chi connectivity index (χ2v) is 4.93. The van der Waals surface area contributed by atoms with Gasteiger partial charge in [-0.1, -0.05) is 6.07 Å². The van der Waals surface area contributed by atoms with Crippen LogP contribution >= 0.6 is 0 Å². The topological polar surface area (TPSA) is 24.5 Å². The average Bonchev–Trinajstić information content (AvgIpc) is 2.30. The lowest BCUT2D eigenvalue weighted by Gasteiger charge is -2.37. The number of hydrogen-bond donors (Lipinski definition) is 1. The van der Waals surface area contributed by atoms with E-state index in [-0.39, 0.29) is 18.0 Å². The van der Waals surface area contributed by atoms with Gasteiger partial charge in [-0.05, 0) is 33.0 Å². The maximum atomic E-state index is 13.9. The fourth-order valence-corrected chi connectivity index (χ4v) is 2.57. The molecule has 0 amide bonds. The third-order valence-electron chi connectivity index (χ3n) is 3.21. The van der Waals surface area contributed by atoms with Crippen molar-refractivity contribution in [3.63, 3.8) is 0 Å². The van der Waals surface area contributed by atoms with Crippen molar-refractivity contribution in [2.45, 2.75) is 32.6 Å². The summed E-state index contributed by atoms with van der Waals surface area (Å²) in [5, 5.41) is 3.03. The van der Waals surface area contributed by atoms with Crippen molar-refractivity contribution in [3.05, 3.63) is 29.6 Å². The number of anilines is 1. The largest absolute Gasteiger partial charge is 0.372 e. The highest BCUT2D eigenvalue weighted by molar-refractivity contribution is 5.54.